The van der Waals surface area contributed by atoms with Crippen molar-refractivity contribution in [2.45, 2.75) is 38.8 Å². The normalized spacial score (nSPS) is 26.4. The van der Waals surface area contributed by atoms with Crippen LogP contribution in [-0.4, -0.2) is 30.3 Å². The zero-order valence-electron chi connectivity index (χ0n) is 10.7. The van der Waals surface area contributed by atoms with Gasteiger partial charge in [0.25, 0.3) is 0 Å². The third kappa shape index (κ3) is 3.04. The number of hydrogen-bond donors (Lipinski definition) is 2. The first-order chi connectivity index (χ1) is 8.00. The molecule has 4 nitrogen and oxygen atoms in total. The van der Waals surface area contributed by atoms with Gasteiger partial charge in [0.1, 0.15) is 0 Å². The quantitative estimate of drug-likeness (QED) is 0.856. The molecule has 1 aliphatic rings. The average Bonchev–Trinajstić information content (AvgIpc) is 2.83. The molecule has 0 amide bonds. The number of nitrogens with one attached hydrogen (secondary N) is 1. The molecular formula is C12H21N3OS. The van der Waals surface area contributed by atoms with E-state index in [1.165, 1.54) is 4.88 Å². The van der Waals surface area contributed by atoms with E-state index >= 15 is 0 Å². The molecule has 1 aromatic heterocycles. The smallest absolute Gasteiger partial charge is 0.0900 e. The van der Waals surface area contributed by atoms with Crippen LogP contribution in [0.3, 0.4) is 0 Å². The van der Waals surface area contributed by atoms with E-state index in [0.717, 1.165) is 30.3 Å². The van der Waals surface area contributed by atoms with Crippen LogP contribution in [0, 0.1) is 13.8 Å². The molecule has 0 radical (unpaired) electrons. The summed E-state index contributed by atoms with van der Waals surface area (Å²) < 4.78 is 5.35. The van der Waals surface area contributed by atoms with Crippen molar-refractivity contribution in [3.63, 3.8) is 0 Å². The van der Waals surface area contributed by atoms with E-state index in [1.807, 2.05) is 6.92 Å². The van der Waals surface area contributed by atoms with E-state index in [4.69, 9.17) is 10.5 Å². The number of rotatable bonds is 4. The van der Waals surface area contributed by atoms with Gasteiger partial charge in [0.15, 0.2) is 0 Å². The standard InChI is InChI=1S/C12H21N3OS/c1-8(11-9(2)15-10(3)17-11)14-6-12(13)4-5-16-7-12/h8,14H,4-7,13H2,1-3H3. The van der Waals surface area contributed by atoms with Gasteiger partial charge in [-0.2, -0.15) is 0 Å². The molecule has 0 spiro atoms. The summed E-state index contributed by atoms with van der Waals surface area (Å²) in [6, 6.07) is 0.308. The minimum Gasteiger partial charge on any atom is -0.379 e. The molecule has 0 aromatic carbocycles. The summed E-state index contributed by atoms with van der Waals surface area (Å²) in [6.07, 6.45) is 0.938. The zero-order chi connectivity index (χ0) is 12.5. The molecule has 3 N–H and O–H groups in total. The minimum atomic E-state index is -0.193. The molecule has 0 saturated carbocycles. The Hall–Kier alpha value is -0.490. The van der Waals surface area contributed by atoms with Gasteiger partial charge in [0, 0.05) is 24.1 Å². The molecule has 17 heavy (non-hydrogen) atoms. The predicted molar refractivity (Wildman–Crippen MR) is 70.4 cm³/mol. The van der Waals surface area contributed by atoms with Crippen molar-refractivity contribution in [2.24, 2.45) is 5.73 Å². The van der Waals surface area contributed by atoms with E-state index in [1.54, 1.807) is 11.3 Å². The Balaban J connectivity index is 1.93. The Labute approximate surface area is 107 Å². The Morgan fingerprint density at radius 3 is 2.88 bits per heavy atom. The Bertz CT molecular complexity index is 385. The third-order valence-electron chi connectivity index (χ3n) is 3.23. The van der Waals surface area contributed by atoms with E-state index in [0.29, 0.717) is 12.6 Å². The molecule has 2 rings (SSSR count). The maximum atomic E-state index is 6.23. The number of hydrogen-bond acceptors (Lipinski definition) is 5. The van der Waals surface area contributed by atoms with Crippen LogP contribution in [0.25, 0.3) is 0 Å². The van der Waals surface area contributed by atoms with Crippen molar-refractivity contribution in [2.75, 3.05) is 19.8 Å². The van der Waals surface area contributed by atoms with Crippen molar-refractivity contribution in [1.29, 1.82) is 0 Å². The summed E-state index contributed by atoms with van der Waals surface area (Å²) in [4.78, 5) is 5.76. The fourth-order valence-corrected chi connectivity index (χ4v) is 3.11. The number of nitrogens with zero attached hydrogens (tertiary/aromatic N) is 1. The van der Waals surface area contributed by atoms with Crippen LogP contribution in [0.5, 0.6) is 0 Å². The second-order valence-corrected chi connectivity index (χ2v) is 6.18. The number of nitrogens with two attached hydrogens (primary N) is 1. The summed E-state index contributed by atoms with van der Waals surface area (Å²) >= 11 is 1.76. The van der Waals surface area contributed by atoms with Crippen LogP contribution in [0.4, 0.5) is 0 Å². The maximum absolute atomic E-state index is 6.23. The lowest BCUT2D eigenvalue weighted by atomic mass is 10.00. The minimum absolute atomic E-state index is 0.193. The lowest BCUT2D eigenvalue weighted by Crippen LogP contribution is -2.49. The second-order valence-electron chi connectivity index (χ2n) is 4.95. The van der Waals surface area contributed by atoms with Crippen LogP contribution in [0.15, 0.2) is 0 Å². The average molecular weight is 255 g/mol. The maximum Gasteiger partial charge on any atom is 0.0900 e. The zero-order valence-corrected chi connectivity index (χ0v) is 11.6. The molecule has 2 heterocycles. The van der Waals surface area contributed by atoms with Crippen LogP contribution >= 0.6 is 11.3 Å². The van der Waals surface area contributed by atoms with Crippen molar-refractivity contribution >= 4 is 11.3 Å². The highest BCUT2D eigenvalue weighted by Gasteiger charge is 2.30. The monoisotopic (exact) mass is 255 g/mol. The van der Waals surface area contributed by atoms with Crippen molar-refractivity contribution in [1.82, 2.24) is 10.3 Å². The van der Waals surface area contributed by atoms with Gasteiger partial charge >= 0.3 is 0 Å². The summed E-state index contributed by atoms with van der Waals surface area (Å²) in [5, 5.41) is 4.62. The highest BCUT2D eigenvalue weighted by atomic mass is 32.1. The van der Waals surface area contributed by atoms with E-state index in [9.17, 15) is 0 Å². The van der Waals surface area contributed by atoms with Crippen LogP contribution in [0.2, 0.25) is 0 Å². The van der Waals surface area contributed by atoms with Crippen LogP contribution < -0.4 is 11.1 Å². The molecule has 1 aromatic rings. The van der Waals surface area contributed by atoms with Crippen molar-refractivity contribution in [3.8, 4) is 0 Å². The molecule has 5 heteroatoms. The fourth-order valence-electron chi connectivity index (χ4n) is 2.16. The van der Waals surface area contributed by atoms with Gasteiger partial charge in [-0.15, -0.1) is 11.3 Å². The molecule has 0 aliphatic carbocycles. The largest absolute Gasteiger partial charge is 0.379 e. The molecule has 1 aliphatic heterocycles. The van der Waals surface area contributed by atoms with Gasteiger partial charge in [-0.25, -0.2) is 4.98 Å². The first-order valence-corrected chi connectivity index (χ1v) is 6.86. The van der Waals surface area contributed by atoms with Gasteiger partial charge in [-0.1, -0.05) is 0 Å². The van der Waals surface area contributed by atoms with Crippen molar-refractivity contribution in [3.05, 3.63) is 15.6 Å². The molecule has 96 valence electrons. The molecule has 2 atom stereocenters. The van der Waals surface area contributed by atoms with Gasteiger partial charge < -0.3 is 15.8 Å². The van der Waals surface area contributed by atoms with Crippen LogP contribution in [-0.2, 0) is 4.74 Å². The van der Waals surface area contributed by atoms with Crippen LogP contribution in [0.1, 0.15) is 35.0 Å². The third-order valence-corrected chi connectivity index (χ3v) is 4.48. The SMILES string of the molecule is Cc1nc(C)c(C(C)NCC2(N)CCOC2)s1. The summed E-state index contributed by atoms with van der Waals surface area (Å²) in [7, 11) is 0. The van der Waals surface area contributed by atoms with Crippen molar-refractivity contribution < 1.29 is 4.74 Å². The van der Waals surface area contributed by atoms with Gasteiger partial charge in [0.05, 0.1) is 22.8 Å². The summed E-state index contributed by atoms with van der Waals surface area (Å²) in [5.74, 6) is 0. The molecule has 2 unspecified atom stereocenters. The number of aromatic nitrogens is 1. The van der Waals surface area contributed by atoms with E-state index < -0.39 is 0 Å². The number of aryl methyl sites for hydroxylation is 2. The topological polar surface area (TPSA) is 60.2 Å². The molecule has 1 saturated heterocycles. The summed E-state index contributed by atoms with van der Waals surface area (Å²) in [6.45, 7) is 8.51. The molecule has 1 fully saturated rings. The Morgan fingerprint density at radius 1 is 1.59 bits per heavy atom. The number of ether oxygens (including phenoxy) is 1. The highest BCUT2D eigenvalue weighted by molar-refractivity contribution is 7.11. The van der Waals surface area contributed by atoms with Gasteiger partial charge in [-0.3, -0.25) is 0 Å². The predicted octanol–water partition coefficient (Wildman–Crippen LogP) is 1.53. The first kappa shape index (κ1) is 13.0. The summed E-state index contributed by atoms with van der Waals surface area (Å²) in [5.41, 5.74) is 7.16. The highest BCUT2D eigenvalue weighted by Crippen LogP contribution is 2.25. The van der Waals surface area contributed by atoms with Gasteiger partial charge in [0.2, 0.25) is 0 Å². The first-order valence-electron chi connectivity index (χ1n) is 6.04. The van der Waals surface area contributed by atoms with Gasteiger partial charge in [-0.05, 0) is 27.2 Å². The lowest BCUT2D eigenvalue weighted by Gasteiger charge is -2.24. The Kier molecular flexibility index (Phi) is 3.82. The lowest BCUT2D eigenvalue weighted by molar-refractivity contribution is 0.176. The molecular weight excluding hydrogens is 234 g/mol. The van der Waals surface area contributed by atoms with E-state index in [-0.39, 0.29) is 5.54 Å². The van der Waals surface area contributed by atoms with E-state index in [2.05, 4.69) is 24.1 Å². The molecule has 0 bridgehead atoms. The fraction of sp³-hybridized carbons (Fsp3) is 0.750. The Morgan fingerprint density at radius 2 is 2.35 bits per heavy atom. The number of thiazole rings is 1. The second kappa shape index (κ2) is 5.02.